The minimum absolute atomic E-state index is 0.529. The van der Waals surface area contributed by atoms with Gasteiger partial charge in [0.15, 0.2) is 0 Å². The summed E-state index contributed by atoms with van der Waals surface area (Å²) in [7, 11) is 0. The first-order valence-electron chi connectivity index (χ1n) is 5.49. The molecule has 1 aliphatic rings. The molecule has 0 aromatic heterocycles. The van der Waals surface area contributed by atoms with Gasteiger partial charge in [-0.25, -0.2) is 0 Å². The van der Waals surface area contributed by atoms with E-state index in [0.717, 1.165) is 0 Å². The van der Waals surface area contributed by atoms with E-state index in [1.165, 1.54) is 31.5 Å². The number of rotatable bonds is 3. The molecule has 0 aromatic rings. The Labute approximate surface area is 82.8 Å². The molecule has 0 amide bonds. The fourth-order valence-corrected chi connectivity index (χ4v) is 2.33. The molecular weight excluding hydrogens is 158 g/mol. The first-order chi connectivity index (χ1) is 6.04. The van der Waals surface area contributed by atoms with Gasteiger partial charge in [0.05, 0.1) is 0 Å². The fraction of sp³-hybridized carbons (Fsp3) is 0.833. The minimum Gasteiger partial charge on any atom is -0.372 e. The third kappa shape index (κ3) is 1.90. The number of hydrogen-bond donors (Lipinski definition) is 0. The summed E-state index contributed by atoms with van der Waals surface area (Å²) in [6.07, 6.45) is 3.77. The molecule has 0 N–H and O–H groups in total. The third-order valence-corrected chi connectivity index (χ3v) is 3.61. The van der Waals surface area contributed by atoms with E-state index >= 15 is 0 Å². The molecule has 0 unspecified atom stereocenters. The summed E-state index contributed by atoms with van der Waals surface area (Å²) in [4.78, 5) is 2.47. The maximum Gasteiger partial charge on any atom is 0.0237 e. The quantitative estimate of drug-likeness (QED) is 0.645. The smallest absolute Gasteiger partial charge is 0.0237 e. The van der Waals surface area contributed by atoms with Crippen LogP contribution < -0.4 is 0 Å². The van der Waals surface area contributed by atoms with Crippen LogP contribution in [-0.4, -0.2) is 17.5 Å². The second-order valence-corrected chi connectivity index (χ2v) is 4.67. The van der Waals surface area contributed by atoms with E-state index in [4.69, 9.17) is 0 Å². The Morgan fingerprint density at radius 2 is 1.92 bits per heavy atom. The molecule has 0 spiro atoms. The number of allylic oxidation sites excluding steroid dienone is 1. The van der Waals surface area contributed by atoms with Gasteiger partial charge in [0, 0.05) is 18.3 Å². The van der Waals surface area contributed by atoms with Crippen molar-refractivity contribution in [3.05, 3.63) is 12.3 Å². The van der Waals surface area contributed by atoms with Gasteiger partial charge in [0.25, 0.3) is 0 Å². The molecule has 0 atom stereocenters. The molecule has 1 rings (SSSR count). The Morgan fingerprint density at radius 1 is 1.38 bits per heavy atom. The van der Waals surface area contributed by atoms with Crippen LogP contribution in [0, 0.1) is 5.41 Å². The summed E-state index contributed by atoms with van der Waals surface area (Å²) in [6.45, 7) is 14.5. The summed E-state index contributed by atoms with van der Waals surface area (Å²) in [5, 5.41) is 0. The molecule has 0 saturated carbocycles. The van der Waals surface area contributed by atoms with Crippen LogP contribution in [0.1, 0.15) is 47.0 Å². The van der Waals surface area contributed by atoms with Crippen LogP contribution in [-0.2, 0) is 0 Å². The van der Waals surface area contributed by atoms with Crippen molar-refractivity contribution in [2.24, 2.45) is 5.41 Å². The standard InChI is InChI=1S/C12H23N/c1-6-12(7-2)8-11(5)13(9-12)10(3)4/h10H,5-9H2,1-4H3. The number of nitrogens with zero attached hydrogens (tertiary/aromatic N) is 1. The summed E-state index contributed by atoms with van der Waals surface area (Å²) >= 11 is 0. The summed E-state index contributed by atoms with van der Waals surface area (Å²) in [5.74, 6) is 0. The van der Waals surface area contributed by atoms with Crippen LogP contribution in [0.25, 0.3) is 0 Å². The van der Waals surface area contributed by atoms with Crippen LogP contribution in [0.3, 0.4) is 0 Å². The summed E-state index contributed by atoms with van der Waals surface area (Å²) < 4.78 is 0. The van der Waals surface area contributed by atoms with E-state index < -0.39 is 0 Å². The van der Waals surface area contributed by atoms with E-state index in [0.29, 0.717) is 11.5 Å². The minimum atomic E-state index is 0.529. The van der Waals surface area contributed by atoms with Crippen molar-refractivity contribution < 1.29 is 0 Å². The van der Waals surface area contributed by atoms with E-state index in [-0.39, 0.29) is 0 Å². The highest BCUT2D eigenvalue weighted by molar-refractivity contribution is 5.09. The van der Waals surface area contributed by atoms with E-state index in [1.807, 2.05) is 0 Å². The van der Waals surface area contributed by atoms with E-state index in [1.54, 1.807) is 0 Å². The molecule has 1 aliphatic heterocycles. The van der Waals surface area contributed by atoms with Crippen molar-refractivity contribution in [2.45, 2.75) is 53.0 Å². The normalized spacial score (nSPS) is 21.6. The molecule has 76 valence electrons. The first-order valence-corrected chi connectivity index (χ1v) is 5.49. The van der Waals surface area contributed by atoms with Gasteiger partial charge in [0.1, 0.15) is 0 Å². The highest BCUT2D eigenvalue weighted by Crippen LogP contribution is 2.42. The second-order valence-electron chi connectivity index (χ2n) is 4.67. The zero-order valence-corrected chi connectivity index (χ0v) is 9.56. The molecule has 1 fully saturated rings. The predicted octanol–water partition coefficient (Wildman–Crippen LogP) is 3.42. The Morgan fingerprint density at radius 3 is 2.15 bits per heavy atom. The van der Waals surface area contributed by atoms with E-state index in [9.17, 15) is 0 Å². The molecule has 13 heavy (non-hydrogen) atoms. The Hall–Kier alpha value is -0.460. The summed E-state index contributed by atoms with van der Waals surface area (Å²) in [6, 6.07) is 0.618. The average Bonchev–Trinajstić information content (AvgIpc) is 2.44. The largest absolute Gasteiger partial charge is 0.372 e. The molecular formula is C12H23N. The van der Waals surface area contributed by atoms with Crippen LogP contribution in [0.15, 0.2) is 12.3 Å². The average molecular weight is 181 g/mol. The molecule has 1 heterocycles. The van der Waals surface area contributed by atoms with Crippen molar-refractivity contribution in [3.63, 3.8) is 0 Å². The number of likely N-dealkylation sites (tertiary alicyclic amines) is 1. The van der Waals surface area contributed by atoms with Gasteiger partial charge in [-0.1, -0.05) is 20.4 Å². The predicted molar refractivity (Wildman–Crippen MR) is 58.6 cm³/mol. The molecule has 0 bridgehead atoms. The monoisotopic (exact) mass is 181 g/mol. The van der Waals surface area contributed by atoms with Crippen molar-refractivity contribution in [2.75, 3.05) is 6.54 Å². The highest BCUT2D eigenvalue weighted by atomic mass is 15.2. The number of hydrogen-bond acceptors (Lipinski definition) is 1. The van der Waals surface area contributed by atoms with Crippen molar-refractivity contribution in [3.8, 4) is 0 Å². The van der Waals surface area contributed by atoms with Gasteiger partial charge in [-0.2, -0.15) is 0 Å². The molecule has 1 saturated heterocycles. The third-order valence-electron chi connectivity index (χ3n) is 3.61. The van der Waals surface area contributed by atoms with Crippen molar-refractivity contribution >= 4 is 0 Å². The Balaban J connectivity index is 2.73. The molecule has 0 aromatic carbocycles. The highest BCUT2D eigenvalue weighted by Gasteiger charge is 2.37. The van der Waals surface area contributed by atoms with E-state index in [2.05, 4.69) is 39.2 Å². The Bertz CT molecular complexity index is 189. The van der Waals surface area contributed by atoms with Gasteiger partial charge in [-0.05, 0) is 38.5 Å². The van der Waals surface area contributed by atoms with Crippen LogP contribution in [0.5, 0.6) is 0 Å². The van der Waals surface area contributed by atoms with Crippen LogP contribution in [0.2, 0.25) is 0 Å². The zero-order valence-electron chi connectivity index (χ0n) is 9.56. The van der Waals surface area contributed by atoms with Gasteiger partial charge < -0.3 is 4.90 Å². The van der Waals surface area contributed by atoms with Crippen molar-refractivity contribution in [1.82, 2.24) is 4.90 Å². The van der Waals surface area contributed by atoms with Crippen LogP contribution in [0.4, 0.5) is 0 Å². The molecule has 0 aliphatic carbocycles. The SMILES string of the molecule is C=C1CC(CC)(CC)CN1C(C)C. The lowest BCUT2D eigenvalue weighted by atomic mass is 9.81. The lowest BCUT2D eigenvalue weighted by Gasteiger charge is -2.28. The summed E-state index contributed by atoms with van der Waals surface area (Å²) in [5.41, 5.74) is 1.88. The molecule has 0 radical (unpaired) electrons. The van der Waals surface area contributed by atoms with Gasteiger partial charge in [-0.15, -0.1) is 0 Å². The maximum atomic E-state index is 4.17. The van der Waals surface area contributed by atoms with Gasteiger partial charge in [-0.3, -0.25) is 0 Å². The topological polar surface area (TPSA) is 3.24 Å². The first kappa shape index (κ1) is 10.6. The van der Waals surface area contributed by atoms with Crippen LogP contribution >= 0.6 is 0 Å². The fourth-order valence-electron chi connectivity index (χ4n) is 2.33. The van der Waals surface area contributed by atoms with Gasteiger partial charge in [0.2, 0.25) is 0 Å². The molecule has 1 heteroatoms. The Kier molecular flexibility index (Phi) is 3.05. The second kappa shape index (κ2) is 3.73. The maximum absolute atomic E-state index is 4.17. The zero-order chi connectivity index (χ0) is 10.1. The lowest BCUT2D eigenvalue weighted by Crippen LogP contribution is -2.30. The molecule has 1 nitrogen and oxygen atoms in total. The van der Waals surface area contributed by atoms with Gasteiger partial charge >= 0.3 is 0 Å². The van der Waals surface area contributed by atoms with Crippen molar-refractivity contribution in [1.29, 1.82) is 0 Å². The lowest BCUT2D eigenvalue weighted by molar-refractivity contribution is 0.222.